The Morgan fingerprint density at radius 2 is 1.85 bits per heavy atom. The Bertz CT molecular complexity index is 921. The third-order valence-electron chi connectivity index (χ3n) is 3.58. The molecule has 4 rings (SSSR count). The lowest BCUT2D eigenvalue weighted by Crippen LogP contribution is -1.80. The van der Waals surface area contributed by atoms with Crippen LogP contribution in [0.1, 0.15) is 5.56 Å². The number of benzene rings is 2. The summed E-state index contributed by atoms with van der Waals surface area (Å²) < 4.78 is 6.02. The summed E-state index contributed by atoms with van der Waals surface area (Å²) in [6.45, 7) is 2.10. The van der Waals surface area contributed by atoms with Crippen LogP contribution in [-0.2, 0) is 0 Å². The lowest BCUT2D eigenvalue weighted by atomic mass is 10.0. The Hall–Kier alpha value is -2.61. The van der Waals surface area contributed by atoms with E-state index < -0.39 is 0 Å². The Morgan fingerprint density at radius 3 is 2.75 bits per heavy atom. The Labute approximate surface area is 116 Å². The average molecular weight is 259 g/mol. The van der Waals surface area contributed by atoms with Gasteiger partial charge < -0.3 is 4.42 Å². The van der Waals surface area contributed by atoms with Crippen LogP contribution in [0, 0.1) is 6.92 Å². The second kappa shape index (κ2) is 4.20. The van der Waals surface area contributed by atoms with Gasteiger partial charge in [-0.05, 0) is 30.7 Å². The van der Waals surface area contributed by atoms with Crippen molar-refractivity contribution in [2.45, 2.75) is 6.92 Å². The molecule has 0 bridgehead atoms. The van der Waals surface area contributed by atoms with Gasteiger partial charge in [-0.3, -0.25) is 4.98 Å². The lowest BCUT2D eigenvalue weighted by Gasteiger charge is -2.03. The predicted octanol–water partition coefficient (Wildman–Crippen LogP) is 4.96. The molecule has 0 atom stereocenters. The number of hydrogen-bond acceptors (Lipinski definition) is 2. The maximum absolute atomic E-state index is 6.02. The topological polar surface area (TPSA) is 26.0 Å². The van der Waals surface area contributed by atoms with E-state index in [2.05, 4.69) is 54.4 Å². The van der Waals surface area contributed by atoms with E-state index in [-0.39, 0.29) is 0 Å². The summed E-state index contributed by atoms with van der Waals surface area (Å²) >= 11 is 0. The van der Waals surface area contributed by atoms with Crippen molar-refractivity contribution in [1.29, 1.82) is 0 Å². The van der Waals surface area contributed by atoms with Crippen molar-refractivity contribution in [1.82, 2.24) is 4.98 Å². The molecule has 0 amide bonds. The zero-order chi connectivity index (χ0) is 13.5. The molecule has 4 aromatic rings. The highest BCUT2D eigenvalue weighted by Gasteiger charge is 2.12. The summed E-state index contributed by atoms with van der Waals surface area (Å²) in [7, 11) is 0. The molecule has 2 aromatic heterocycles. The molecule has 2 heteroatoms. The maximum Gasteiger partial charge on any atom is 0.153 e. The van der Waals surface area contributed by atoms with Crippen molar-refractivity contribution in [2.75, 3.05) is 0 Å². The molecule has 96 valence electrons. The van der Waals surface area contributed by atoms with E-state index in [1.165, 1.54) is 11.1 Å². The summed E-state index contributed by atoms with van der Waals surface area (Å²) in [6.07, 6.45) is 1.80. The second-order valence-corrected chi connectivity index (χ2v) is 5.00. The zero-order valence-electron chi connectivity index (χ0n) is 11.1. The first kappa shape index (κ1) is 11.2. The van der Waals surface area contributed by atoms with E-state index in [4.69, 9.17) is 4.42 Å². The zero-order valence-corrected chi connectivity index (χ0v) is 11.1. The molecule has 0 fully saturated rings. The monoisotopic (exact) mass is 259 g/mol. The van der Waals surface area contributed by atoms with Gasteiger partial charge in [-0.1, -0.05) is 42.0 Å². The van der Waals surface area contributed by atoms with Gasteiger partial charge in [-0.2, -0.15) is 0 Å². The van der Waals surface area contributed by atoms with Crippen molar-refractivity contribution >= 4 is 22.1 Å². The number of fused-ring (bicyclic) bond motifs is 3. The van der Waals surface area contributed by atoms with Crippen LogP contribution >= 0.6 is 0 Å². The lowest BCUT2D eigenvalue weighted by molar-refractivity contribution is 0.669. The Morgan fingerprint density at radius 1 is 0.950 bits per heavy atom. The SMILES string of the molecule is Cc1cccc(-c2cccc3c2oc2cccnc23)c1. The summed E-state index contributed by atoms with van der Waals surface area (Å²) in [5, 5.41) is 1.07. The van der Waals surface area contributed by atoms with Gasteiger partial charge in [0.05, 0.1) is 0 Å². The minimum Gasteiger partial charge on any atom is -0.454 e. The molecule has 0 unspecified atom stereocenters. The van der Waals surface area contributed by atoms with Crippen LogP contribution in [0.2, 0.25) is 0 Å². The van der Waals surface area contributed by atoms with E-state index in [9.17, 15) is 0 Å². The highest BCUT2D eigenvalue weighted by atomic mass is 16.3. The second-order valence-electron chi connectivity index (χ2n) is 5.00. The van der Waals surface area contributed by atoms with Gasteiger partial charge in [0, 0.05) is 17.1 Å². The summed E-state index contributed by atoms with van der Waals surface area (Å²) in [5.41, 5.74) is 6.21. The molecule has 20 heavy (non-hydrogen) atoms. The van der Waals surface area contributed by atoms with E-state index in [0.29, 0.717) is 0 Å². The highest BCUT2D eigenvalue weighted by molar-refractivity contribution is 6.07. The number of furan rings is 1. The summed E-state index contributed by atoms with van der Waals surface area (Å²) in [5.74, 6) is 0. The molecule has 2 nitrogen and oxygen atoms in total. The van der Waals surface area contributed by atoms with Gasteiger partial charge in [0.2, 0.25) is 0 Å². The predicted molar refractivity (Wildman–Crippen MR) is 81.7 cm³/mol. The largest absolute Gasteiger partial charge is 0.454 e. The molecule has 0 saturated heterocycles. The van der Waals surface area contributed by atoms with Crippen molar-refractivity contribution in [3.8, 4) is 11.1 Å². The van der Waals surface area contributed by atoms with E-state index in [1.54, 1.807) is 6.20 Å². The van der Waals surface area contributed by atoms with E-state index in [0.717, 1.165) is 27.6 Å². The van der Waals surface area contributed by atoms with Crippen molar-refractivity contribution < 1.29 is 4.42 Å². The number of aromatic nitrogens is 1. The summed E-state index contributed by atoms with van der Waals surface area (Å²) in [6, 6.07) is 18.5. The molecule has 0 aliphatic heterocycles. The fourth-order valence-corrected chi connectivity index (χ4v) is 2.66. The minimum atomic E-state index is 0.836. The smallest absolute Gasteiger partial charge is 0.153 e. The number of aryl methyl sites for hydroxylation is 1. The van der Waals surface area contributed by atoms with Crippen LogP contribution in [0.3, 0.4) is 0 Å². The highest BCUT2D eigenvalue weighted by Crippen LogP contribution is 2.34. The Kier molecular flexibility index (Phi) is 2.36. The minimum absolute atomic E-state index is 0.836. The molecule has 0 spiro atoms. The van der Waals surface area contributed by atoms with Crippen LogP contribution in [0.5, 0.6) is 0 Å². The fraction of sp³-hybridized carbons (Fsp3) is 0.0556. The molecule has 0 aliphatic carbocycles. The molecular weight excluding hydrogens is 246 g/mol. The number of pyridine rings is 1. The van der Waals surface area contributed by atoms with Crippen LogP contribution < -0.4 is 0 Å². The van der Waals surface area contributed by atoms with Gasteiger partial charge in [-0.15, -0.1) is 0 Å². The molecule has 0 aliphatic rings. The number of para-hydroxylation sites is 1. The first-order chi connectivity index (χ1) is 9.83. The van der Waals surface area contributed by atoms with Crippen LogP contribution in [-0.4, -0.2) is 4.98 Å². The van der Waals surface area contributed by atoms with Gasteiger partial charge in [0.25, 0.3) is 0 Å². The normalized spacial score (nSPS) is 11.2. The fourth-order valence-electron chi connectivity index (χ4n) is 2.66. The molecular formula is C18H13NO. The van der Waals surface area contributed by atoms with E-state index >= 15 is 0 Å². The van der Waals surface area contributed by atoms with Gasteiger partial charge >= 0.3 is 0 Å². The summed E-state index contributed by atoms with van der Waals surface area (Å²) in [4.78, 5) is 4.43. The quantitative estimate of drug-likeness (QED) is 0.483. The molecule has 2 aromatic carbocycles. The number of hydrogen-bond donors (Lipinski definition) is 0. The van der Waals surface area contributed by atoms with Gasteiger partial charge in [-0.25, -0.2) is 0 Å². The van der Waals surface area contributed by atoms with E-state index in [1.807, 2.05) is 12.1 Å². The molecule has 0 saturated carbocycles. The average Bonchev–Trinajstić information content (AvgIpc) is 2.86. The molecule has 2 heterocycles. The Balaban J connectivity index is 2.10. The van der Waals surface area contributed by atoms with Crippen LogP contribution in [0.25, 0.3) is 33.2 Å². The first-order valence-corrected chi connectivity index (χ1v) is 6.66. The molecule has 0 radical (unpaired) electrons. The maximum atomic E-state index is 6.02. The van der Waals surface area contributed by atoms with Crippen LogP contribution in [0.4, 0.5) is 0 Å². The van der Waals surface area contributed by atoms with Gasteiger partial charge in [0.15, 0.2) is 5.58 Å². The van der Waals surface area contributed by atoms with Crippen molar-refractivity contribution in [3.63, 3.8) is 0 Å². The molecule has 0 N–H and O–H groups in total. The third-order valence-corrected chi connectivity index (χ3v) is 3.58. The van der Waals surface area contributed by atoms with Crippen LogP contribution in [0.15, 0.2) is 65.2 Å². The van der Waals surface area contributed by atoms with Gasteiger partial charge in [0.1, 0.15) is 11.1 Å². The van der Waals surface area contributed by atoms with Crippen molar-refractivity contribution in [3.05, 3.63) is 66.4 Å². The first-order valence-electron chi connectivity index (χ1n) is 6.66. The number of nitrogens with zero attached hydrogens (tertiary/aromatic N) is 1. The number of rotatable bonds is 1. The van der Waals surface area contributed by atoms with Crippen molar-refractivity contribution in [2.24, 2.45) is 0 Å². The third kappa shape index (κ3) is 1.62. The standard InChI is InChI=1S/C18H13NO/c1-12-5-2-6-13(11-12)14-7-3-8-15-17-16(20-18(14)15)9-4-10-19-17/h2-11H,1H3.